The van der Waals surface area contributed by atoms with Gasteiger partial charge in [0.25, 0.3) is 0 Å². The molecule has 0 aromatic heterocycles. The summed E-state index contributed by atoms with van der Waals surface area (Å²) in [4.78, 5) is 12.5. The Bertz CT molecular complexity index is 547. The number of hydrogen-bond donors (Lipinski definition) is 2. The van der Waals surface area contributed by atoms with Crippen molar-refractivity contribution in [3.63, 3.8) is 0 Å². The first-order chi connectivity index (χ1) is 10.7. The number of carbonyl (C=O) groups excluding carboxylic acids is 1. The normalized spacial score (nSPS) is 21.6. The first-order valence-electron chi connectivity index (χ1n) is 7.73. The van der Waals surface area contributed by atoms with Crippen LogP contribution in [0.3, 0.4) is 0 Å². The van der Waals surface area contributed by atoms with E-state index in [4.69, 9.17) is 27.9 Å². The number of alkyl halides is 1. The average molecular weight is 359 g/mol. The molecule has 0 fully saturated rings. The van der Waals surface area contributed by atoms with Crippen LogP contribution in [0.5, 0.6) is 0 Å². The van der Waals surface area contributed by atoms with Gasteiger partial charge in [0.05, 0.1) is 5.54 Å². The van der Waals surface area contributed by atoms with Crippen molar-refractivity contribution in [2.24, 2.45) is 0 Å². The molecule has 0 radical (unpaired) electrons. The molecule has 1 amide bonds. The Morgan fingerprint density at radius 3 is 2.78 bits per heavy atom. The highest BCUT2D eigenvalue weighted by molar-refractivity contribution is 6.31. The molecule has 0 aromatic rings. The lowest BCUT2D eigenvalue weighted by Crippen LogP contribution is -2.51. The molecule has 128 valence electrons. The van der Waals surface area contributed by atoms with Crippen LogP contribution in [0, 0.1) is 11.8 Å². The van der Waals surface area contributed by atoms with Crippen LogP contribution in [0.1, 0.15) is 47.0 Å². The van der Waals surface area contributed by atoms with Crippen molar-refractivity contribution < 1.29 is 9.53 Å². The Morgan fingerprint density at radius 2 is 2.22 bits per heavy atom. The molecule has 6 heteroatoms. The lowest BCUT2D eigenvalue weighted by atomic mass is 10.1. The maximum absolute atomic E-state index is 12.5. The average Bonchev–Trinajstić information content (AvgIpc) is 2.44. The van der Waals surface area contributed by atoms with Gasteiger partial charge in [-0.05, 0) is 38.8 Å². The predicted octanol–water partition coefficient (Wildman–Crippen LogP) is 3.61. The van der Waals surface area contributed by atoms with E-state index >= 15 is 0 Å². The molecule has 2 unspecified atom stereocenters. The summed E-state index contributed by atoms with van der Waals surface area (Å²) in [5, 5.41) is 4.70. The van der Waals surface area contributed by atoms with Gasteiger partial charge in [0, 0.05) is 6.42 Å². The summed E-state index contributed by atoms with van der Waals surface area (Å²) in [7, 11) is 0. The third kappa shape index (κ3) is 6.87. The van der Waals surface area contributed by atoms with Crippen LogP contribution in [0.4, 0.5) is 0 Å². The third-order valence-electron chi connectivity index (χ3n) is 3.03. The van der Waals surface area contributed by atoms with Crippen LogP contribution < -0.4 is 10.6 Å². The number of amides is 1. The molecular formula is C17H24Cl2N2O2. The van der Waals surface area contributed by atoms with Gasteiger partial charge in [0.1, 0.15) is 11.3 Å². The summed E-state index contributed by atoms with van der Waals surface area (Å²) < 4.78 is 5.71. The zero-order chi connectivity index (χ0) is 17.5. The van der Waals surface area contributed by atoms with Gasteiger partial charge in [-0.15, -0.1) is 5.92 Å². The molecule has 0 bridgehead atoms. The van der Waals surface area contributed by atoms with Gasteiger partial charge in [0.15, 0.2) is 0 Å². The van der Waals surface area contributed by atoms with E-state index in [1.54, 1.807) is 18.2 Å². The Kier molecular flexibility index (Phi) is 7.47. The van der Waals surface area contributed by atoms with Crippen LogP contribution in [-0.2, 0) is 9.53 Å². The molecule has 0 spiro atoms. The predicted molar refractivity (Wildman–Crippen MR) is 94.9 cm³/mol. The smallest absolute Gasteiger partial charge is 0.250 e. The highest BCUT2D eigenvalue weighted by Gasteiger charge is 2.34. The number of carbonyl (C=O) groups is 1. The van der Waals surface area contributed by atoms with Crippen LogP contribution in [0.25, 0.3) is 0 Å². The molecule has 0 saturated carbocycles. The van der Waals surface area contributed by atoms with Gasteiger partial charge in [-0.3, -0.25) is 4.79 Å². The van der Waals surface area contributed by atoms with E-state index in [1.165, 1.54) is 0 Å². The van der Waals surface area contributed by atoms with Gasteiger partial charge < -0.3 is 15.4 Å². The van der Waals surface area contributed by atoms with Crippen molar-refractivity contribution in [3.8, 4) is 11.8 Å². The fourth-order valence-electron chi connectivity index (χ4n) is 1.93. The van der Waals surface area contributed by atoms with E-state index in [9.17, 15) is 4.79 Å². The summed E-state index contributed by atoms with van der Waals surface area (Å²) in [6.45, 7) is 7.62. The highest BCUT2D eigenvalue weighted by atomic mass is 35.5. The number of ether oxygens (including phenoxy) is 1. The second-order valence-corrected chi connectivity index (χ2v) is 6.79. The molecule has 1 rings (SSSR count). The van der Waals surface area contributed by atoms with E-state index < -0.39 is 16.8 Å². The van der Waals surface area contributed by atoms with Crippen LogP contribution in [0.15, 0.2) is 23.4 Å². The van der Waals surface area contributed by atoms with Crippen molar-refractivity contribution in [2.75, 3.05) is 0 Å². The molecule has 1 heterocycles. The van der Waals surface area contributed by atoms with Crippen LogP contribution in [0.2, 0.25) is 0 Å². The fourth-order valence-corrected chi connectivity index (χ4v) is 2.47. The van der Waals surface area contributed by atoms with Gasteiger partial charge in [0.2, 0.25) is 11.1 Å². The summed E-state index contributed by atoms with van der Waals surface area (Å²) in [6.07, 6.45) is 6.46. The maximum Gasteiger partial charge on any atom is 0.250 e. The van der Waals surface area contributed by atoms with Crippen molar-refractivity contribution in [1.82, 2.24) is 10.6 Å². The van der Waals surface area contributed by atoms with Gasteiger partial charge in [-0.2, -0.15) is 0 Å². The first-order valence-corrected chi connectivity index (χ1v) is 8.49. The lowest BCUT2D eigenvalue weighted by molar-refractivity contribution is -0.139. The Labute approximate surface area is 148 Å². The molecule has 4 nitrogen and oxygen atoms in total. The molecule has 1 aliphatic heterocycles. The van der Waals surface area contributed by atoms with Crippen molar-refractivity contribution in [1.29, 1.82) is 0 Å². The SMILES string of the molecule is CCCC#CC(C)(C)NC(=O)C(CC)OC1(Cl)C=CC=C(Cl)N1. The monoisotopic (exact) mass is 358 g/mol. The Balaban J connectivity index is 2.71. The molecule has 0 saturated heterocycles. The molecule has 2 atom stereocenters. The third-order valence-corrected chi connectivity index (χ3v) is 3.56. The zero-order valence-electron chi connectivity index (χ0n) is 14.0. The Morgan fingerprint density at radius 1 is 1.52 bits per heavy atom. The van der Waals surface area contributed by atoms with E-state index in [1.807, 2.05) is 20.8 Å². The molecule has 0 aromatic carbocycles. The summed E-state index contributed by atoms with van der Waals surface area (Å²) in [6, 6.07) is 0. The number of hydrogen-bond acceptors (Lipinski definition) is 3. The summed E-state index contributed by atoms with van der Waals surface area (Å²) in [5.74, 6) is 5.85. The number of halogens is 2. The number of allylic oxidation sites excluding steroid dienone is 2. The van der Waals surface area contributed by atoms with Crippen LogP contribution >= 0.6 is 23.2 Å². The van der Waals surface area contributed by atoms with E-state index in [0.29, 0.717) is 11.6 Å². The lowest BCUT2D eigenvalue weighted by Gasteiger charge is -2.32. The number of unbranched alkanes of at least 4 members (excludes halogenated alkanes) is 1. The van der Waals surface area contributed by atoms with E-state index in [2.05, 4.69) is 29.4 Å². The fraction of sp³-hybridized carbons (Fsp3) is 0.588. The molecular weight excluding hydrogens is 335 g/mol. The number of nitrogens with one attached hydrogen (secondary N) is 2. The minimum atomic E-state index is -1.33. The zero-order valence-corrected chi connectivity index (χ0v) is 15.5. The molecule has 2 N–H and O–H groups in total. The topological polar surface area (TPSA) is 50.4 Å². The summed E-state index contributed by atoms with van der Waals surface area (Å²) in [5.41, 5.74) is -0.629. The second-order valence-electron chi connectivity index (χ2n) is 5.82. The standard InChI is InChI=1S/C17H24Cl2N2O2/c1-5-7-8-11-16(3,4)21-15(22)13(6-2)23-17(19)12-9-10-14(18)20-17/h9-10,12-13,20H,5-7H2,1-4H3,(H,21,22). The summed E-state index contributed by atoms with van der Waals surface area (Å²) >= 11 is 12.2. The number of rotatable bonds is 6. The van der Waals surface area contributed by atoms with Gasteiger partial charge in [-0.25, -0.2) is 0 Å². The minimum absolute atomic E-state index is 0.260. The van der Waals surface area contributed by atoms with Crippen molar-refractivity contribution >= 4 is 29.1 Å². The number of dihydropyridines is 1. The minimum Gasteiger partial charge on any atom is -0.338 e. The molecule has 23 heavy (non-hydrogen) atoms. The largest absolute Gasteiger partial charge is 0.338 e. The maximum atomic E-state index is 12.5. The van der Waals surface area contributed by atoms with Gasteiger partial charge >= 0.3 is 0 Å². The van der Waals surface area contributed by atoms with E-state index in [-0.39, 0.29) is 5.91 Å². The second kappa shape index (κ2) is 8.63. The Hall–Kier alpha value is -1.15. The van der Waals surface area contributed by atoms with Crippen LogP contribution in [-0.4, -0.2) is 22.7 Å². The molecule has 1 aliphatic rings. The van der Waals surface area contributed by atoms with Crippen molar-refractivity contribution in [2.45, 2.75) is 63.8 Å². The quantitative estimate of drug-likeness (QED) is 0.433. The first kappa shape index (κ1) is 19.9. The highest BCUT2D eigenvalue weighted by Crippen LogP contribution is 2.25. The molecule has 0 aliphatic carbocycles. The van der Waals surface area contributed by atoms with E-state index in [0.717, 1.165) is 12.8 Å². The van der Waals surface area contributed by atoms with Gasteiger partial charge in [-0.1, -0.05) is 49.0 Å². The van der Waals surface area contributed by atoms with Crippen molar-refractivity contribution in [3.05, 3.63) is 23.4 Å².